The standard InChI is InChI=1S/C19H23FN4O/c1-13-10-14(2)23-19(22-13)24-8-6-15(7-9-24)12-21-18(25)16-4-3-5-17(20)11-16/h3-5,10-11,15H,6-9,12H2,1-2H3,(H,21,25). The average molecular weight is 342 g/mol. The minimum atomic E-state index is -0.394. The molecule has 0 saturated carbocycles. The van der Waals surface area contributed by atoms with Crippen molar-refractivity contribution in [3.8, 4) is 0 Å². The molecule has 0 aliphatic carbocycles. The molecule has 0 atom stereocenters. The summed E-state index contributed by atoms with van der Waals surface area (Å²) in [7, 11) is 0. The summed E-state index contributed by atoms with van der Waals surface area (Å²) in [6.07, 6.45) is 1.94. The second-order valence-electron chi connectivity index (χ2n) is 6.60. The molecule has 1 aromatic carbocycles. The van der Waals surface area contributed by atoms with E-state index in [4.69, 9.17) is 0 Å². The topological polar surface area (TPSA) is 58.1 Å². The van der Waals surface area contributed by atoms with Crippen molar-refractivity contribution in [2.75, 3.05) is 24.5 Å². The molecule has 0 bridgehead atoms. The molecule has 1 saturated heterocycles. The third kappa shape index (κ3) is 4.53. The Morgan fingerprint density at radius 2 is 1.88 bits per heavy atom. The van der Waals surface area contributed by atoms with E-state index in [2.05, 4.69) is 20.2 Å². The molecule has 1 aromatic heterocycles. The van der Waals surface area contributed by atoms with Crippen molar-refractivity contribution < 1.29 is 9.18 Å². The summed E-state index contributed by atoms with van der Waals surface area (Å²) >= 11 is 0. The van der Waals surface area contributed by atoms with Crippen molar-refractivity contribution in [1.29, 1.82) is 0 Å². The smallest absolute Gasteiger partial charge is 0.251 e. The summed E-state index contributed by atoms with van der Waals surface area (Å²) in [5, 5.41) is 2.91. The molecule has 1 N–H and O–H groups in total. The Balaban J connectivity index is 1.50. The number of hydrogen-bond donors (Lipinski definition) is 1. The molecule has 6 heteroatoms. The van der Waals surface area contributed by atoms with Gasteiger partial charge in [0.25, 0.3) is 5.91 Å². The van der Waals surface area contributed by atoms with Gasteiger partial charge in [-0.25, -0.2) is 14.4 Å². The van der Waals surface area contributed by atoms with Crippen LogP contribution < -0.4 is 10.2 Å². The van der Waals surface area contributed by atoms with Gasteiger partial charge in [-0.05, 0) is 56.9 Å². The van der Waals surface area contributed by atoms with Gasteiger partial charge < -0.3 is 10.2 Å². The molecular weight excluding hydrogens is 319 g/mol. The number of aromatic nitrogens is 2. The van der Waals surface area contributed by atoms with Gasteiger partial charge in [-0.3, -0.25) is 4.79 Å². The highest BCUT2D eigenvalue weighted by atomic mass is 19.1. The Kier molecular flexibility index (Phi) is 5.26. The quantitative estimate of drug-likeness (QED) is 0.928. The zero-order chi connectivity index (χ0) is 17.8. The molecule has 2 aromatic rings. The number of aryl methyl sites for hydroxylation is 2. The molecule has 5 nitrogen and oxygen atoms in total. The van der Waals surface area contributed by atoms with Crippen LogP contribution in [0.1, 0.15) is 34.6 Å². The lowest BCUT2D eigenvalue weighted by atomic mass is 9.97. The van der Waals surface area contributed by atoms with Gasteiger partial charge in [-0.1, -0.05) is 6.07 Å². The van der Waals surface area contributed by atoms with Crippen molar-refractivity contribution in [1.82, 2.24) is 15.3 Å². The molecule has 3 rings (SSSR count). The highest BCUT2D eigenvalue weighted by molar-refractivity contribution is 5.94. The van der Waals surface area contributed by atoms with Crippen LogP contribution in [-0.4, -0.2) is 35.5 Å². The molecule has 0 spiro atoms. The monoisotopic (exact) mass is 342 g/mol. The normalized spacial score (nSPS) is 15.2. The minimum Gasteiger partial charge on any atom is -0.352 e. The Bertz CT molecular complexity index is 737. The van der Waals surface area contributed by atoms with E-state index >= 15 is 0 Å². The largest absolute Gasteiger partial charge is 0.352 e. The Hall–Kier alpha value is -2.50. The summed E-state index contributed by atoms with van der Waals surface area (Å²) < 4.78 is 13.2. The first-order valence-corrected chi connectivity index (χ1v) is 8.62. The number of carbonyl (C=O) groups is 1. The molecular formula is C19H23FN4O. The van der Waals surface area contributed by atoms with E-state index in [-0.39, 0.29) is 5.91 Å². The van der Waals surface area contributed by atoms with Crippen LogP contribution in [0, 0.1) is 25.6 Å². The van der Waals surface area contributed by atoms with Gasteiger partial charge in [0.2, 0.25) is 5.95 Å². The molecule has 132 valence electrons. The lowest BCUT2D eigenvalue weighted by Gasteiger charge is -2.32. The van der Waals surface area contributed by atoms with E-state index in [0.29, 0.717) is 18.0 Å². The lowest BCUT2D eigenvalue weighted by molar-refractivity contribution is 0.0944. The predicted molar refractivity (Wildman–Crippen MR) is 95.2 cm³/mol. The van der Waals surface area contributed by atoms with Crippen molar-refractivity contribution in [2.24, 2.45) is 5.92 Å². The van der Waals surface area contributed by atoms with Crippen LogP contribution in [0.3, 0.4) is 0 Å². The number of nitrogens with zero attached hydrogens (tertiary/aromatic N) is 3. The fourth-order valence-corrected chi connectivity index (χ4v) is 3.15. The molecule has 0 radical (unpaired) electrons. The Morgan fingerprint density at radius 3 is 2.52 bits per heavy atom. The van der Waals surface area contributed by atoms with Gasteiger partial charge in [0.05, 0.1) is 0 Å². The molecule has 2 heterocycles. The molecule has 25 heavy (non-hydrogen) atoms. The SMILES string of the molecule is Cc1cc(C)nc(N2CCC(CNC(=O)c3cccc(F)c3)CC2)n1. The lowest BCUT2D eigenvalue weighted by Crippen LogP contribution is -2.39. The fraction of sp³-hybridized carbons (Fsp3) is 0.421. The summed E-state index contributed by atoms with van der Waals surface area (Å²) in [5.41, 5.74) is 2.32. The third-order valence-electron chi connectivity index (χ3n) is 4.51. The Labute approximate surface area is 147 Å². The van der Waals surface area contributed by atoms with E-state index in [1.54, 1.807) is 12.1 Å². The van der Waals surface area contributed by atoms with Crippen molar-refractivity contribution >= 4 is 11.9 Å². The number of halogens is 1. The first-order chi connectivity index (χ1) is 12.0. The van der Waals surface area contributed by atoms with E-state index in [9.17, 15) is 9.18 Å². The maximum absolute atomic E-state index is 13.2. The third-order valence-corrected chi connectivity index (χ3v) is 4.51. The first-order valence-electron chi connectivity index (χ1n) is 8.62. The van der Waals surface area contributed by atoms with Gasteiger partial charge in [0, 0.05) is 36.6 Å². The van der Waals surface area contributed by atoms with Crippen molar-refractivity contribution in [3.63, 3.8) is 0 Å². The molecule has 0 unspecified atom stereocenters. The summed E-state index contributed by atoms with van der Waals surface area (Å²) in [4.78, 5) is 23.3. The predicted octanol–water partition coefficient (Wildman–Crippen LogP) is 2.88. The Morgan fingerprint density at radius 1 is 1.20 bits per heavy atom. The minimum absolute atomic E-state index is 0.223. The van der Waals surface area contributed by atoms with Gasteiger partial charge >= 0.3 is 0 Å². The molecule has 1 amide bonds. The number of anilines is 1. The zero-order valence-electron chi connectivity index (χ0n) is 14.6. The van der Waals surface area contributed by atoms with Crippen molar-refractivity contribution in [3.05, 3.63) is 53.1 Å². The number of piperidine rings is 1. The van der Waals surface area contributed by atoms with Gasteiger partial charge in [0.1, 0.15) is 5.82 Å². The highest BCUT2D eigenvalue weighted by Crippen LogP contribution is 2.21. The molecule has 1 aliphatic heterocycles. The van der Waals surface area contributed by atoms with Crippen LogP contribution >= 0.6 is 0 Å². The summed E-state index contributed by atoms with van der Waals surface area (Å²) in [6.45, 7) is 6.32. The van der Waals surface area contributed by atoms with Gasteiger partial charge in [0.15, 0.2) is 0 Å². The van der Waals surface area contributed by atoms with Gasteiger partial charge in [-0.15, -0.1) is 0 Å². The second kappa shape index (κ2) is 7.59. The van der Waals surface area contributed by atoms with E-state index < -0.39 is 5.82 Å². The first kappa shape index (κ1) is 17.3. The van der Waals surface area contributed by atoms with Crippen LogP contribution in [0.5, 0.6) is 0 Å². The number of carbonyl (C=O) groups excluding carboxylic acids is 1. The average Bonchev–Trinajstić information content (AvgIpc) is 2.59. The van der Waals surface area contributed by atoms with Crippen LogP contribution in [0.15, 0.2) is 30.3 Å². The maximum Gasteiger partial charge on any atom is 0.251 e. The fourth-order valence-electron chi connectivity index (χ4n) is 3.15. The number of rotatable bonds is 4. The highest BCUT2D eigenvalue weighted by Gasteiger charge is 2.22. The van der Waals surface area contributed by atoms with Gasteiger partial charge in [-0.2, -0.15) is 0 Å². The maximum atomic E-state index is 13.2. The summed E-state index contributed by atoms with van der Waals surface area (Å²) in [6, 6.07) is 7.74. The van der Waals surface area contributed by atoms with Crippen LogP contribution in [0.25, 0.3) is 0 Å². The second-order valence-corrected chi connectivity index (χ2v) is 6.60. The number of benzene rings is 1. The van der Waals surface area contributed by atoms with Crippen molar-refractivity contribution in [2.45, 2.75) is 26.7 Å². The number of amides is 1. The number of hydrogen-bond acceptors (Lipinski definition) is 4. The van der Waals surface area contributed by atoms with E-state index in [1.807, 2.05) is 19.9 Å². The molecule has 1 aliphatic rings. The number of nitrogens with one attached hydrogen (secondary N) is 1. The zero-order valence-corrected chi connectivity index (χ0v) is 14.6. The van der Waals surface area contributed by atoms with Crippen LogP contribution in [0.4, 0.5) is 10.3 Å². The van der Waals surface area contributed by atoms with E-state index in [1.165, 1.54) is 12.1 Å². The van der Waals surface area contributed by atoms with Crippen LogP contribution in [-0.2, 0) is 0 Å². The van der Waals surface area contributed by atoms with E-state index in [0.717, 1.165) is 43.3 Å². The molecule has 1 fully saturated rings. The summed E-state index contributed by atoms with van der Waals surface area (Å²) in [5.74, 6) is 0.591. The van der Waals surface area contributed by atoms with Crippen LogP contribution in [0.2, 0.25) is 0 Å².